The molecule has 0 bridgehead atoms. The van der Waals surface area contributed by atoms with Gasteiger partial charge in [0.25, 0.3) is 11.2 Å². The molecule has 0 aliphatic carbocycles. The molecule has 0 spiro atoms. The monoisotopic (exact) mass is 269 g/mol. The first-order valence-electron chi connectivity index (χ1n) is 5.25. The van der Waals surface area contributed by atoms with Gasteiger partial charge in [-0.1, -0.05) is 0 Å². The summed E-state index contributed by atoms with van der Waals surface area (Å²) in [5, 5.41) is 12.4. The molecule has 1 N–H and O–H groups in total. The standard InChI is InChI=1S/C10H11N3O6/c1-2-19-10(16)11-8(14)6-12-5-7(13(17)18)3-4-9(12)15/h3-5H,2,6H2,1H3,(H,11,14,16). The minimum atomic E-state index is -0.939. The van der Waals surface area contributed by atoms with Crippen molar-refractivity contribution in [3.05, 3.63) is 38.8 Å². The first-order valence-corrected chi connectivity index (χ1v) is 5.25. The fourth-order valence-electron chi connectivity index (χ4n) is 1.23. The maximum absolute atomic E-state index is 11.4. The van der Waals surface area contributed by atoms with Crippen LogP contribution in [-0.4, -0.2) is 28.1 Å². The Labute approximate surface area is 106 Å². The van der Waals surface area contributed by atoms with Crippen molar-refractivity contribution in [2.75, 3.05) is 6.61 Å². The Morgan fingerprint density at radius 1 is 1.47 bits per heavy atom. The topological polar surface area (TPSA) is 121 Å². The number of pyridine rings is 1. The van der Waals surface area contributed by atoms with Gasteiger partial charge in [-0.05, 0) is 6.92 Å². The van der Waals surface area contributed by atoms with Gasteiger partial charge in [0.05, 0.1) is 17.7 Å². The minimum absolute atomic E-state index is 0.0931. The molecule has 0 unspecified atom stereocenters. The smallest absolute Gasteiger partial charge is 0.413 e. The van der Waals surface area contributed by atoms with Crippen LogP contribution in [0.15, 0.2) is 23.1 Å². The molecule has 1 aromatic heterocycles. The summed E-state index contributed by atoms with van der Waals surface area (Å²) in [6.45, 7) is 1.14. The minimum Gasteiger partial charge on any atom is -0.450 e. The highest BCUT2D eigenvalue weighted by Crippen LogP contribution is 2.05. The summed E-state index contributed by atoms with van der Waals surface area (Å²) >= 11 is 0. The number of ether oxygens (including phenoxy) is 1. The molecule has 0 aromatic carbocycles. The maximum atomic E-state index is 11.4. The molecule has 0 aliphatic heterocycles. The van der Waals surface area contributed by atoms with E-state index in [1.165, 1.54) is 0 Å². The summed E-state index contributed by atoms with van der Waals surface area (Å²) in [5.74, 6) is -0.805. The average molecular weight is 269 g/mol. The van der Waals surface area contributed by atoms with Crippen LogP contribution in [0, 0.1) is 10.1 Å². The molecular formula is C10H11N3O6. The van der Waals surface area contributed by atoms with Crippen molar-refractivity contribution in [2.24, 2.45) is 0 Å². The Morgan fingerprint density at radius 3 is 2.74 bits per heavy atom. The molecule has 102 valence electrons. The van der Waals surface area contributed by atoms with E-state index in [0.29, 0.717) is 0 Å². The van der Waals surface area contributed by atoms with Crippen molar-refractivity contribution in [3.8, 4) is 0 Å². The van der Waals surface area contributed by atoms with E-state index < -0.39 is 29.0 Å². The fourth-order valence-corrected chi connectivity index (χ4v) is 1.23. The number of aromatic nitrogens is 1. The molecular weight excluding hydrogens is 258 g/mol. The second kappa shape index (κ2) is 6.28. The van der Waals surface area contributed by atoms with Crippen LogP contribution in [0.1, 0.15) is 6.92 Å². The van der Waals surface area contributed by atoms with Crippen molar-refractivity contribution in [1.29, 1.82) is 0 Å². The summed E-state index contributed by atoms with van der Waals surface area (Å²) in [7, 11) is 0. The molecule has 19 heavy (non-hydrogen) atoms. The van der Waals surface area contributed by atoms with Crippen LogP contribution < -0.4 is 10.9 Å². The number of carbonyl (C=O) groups excluding carboxylic acids is 2. The highest BCUT2D eigenvalue weighted by molar-refractivity contribution is 5.91. The number of carbonyl (C=O) groups is 2. The Bertz CT molecular complexity index is 565. The molecule has 9 heteroatoms. The predicted octanol–water partition coefficient (Wildman–Crippen LogP) is 0.0292. The van der Waals surface area contributed by atoms with Gasteiger partial charge in [-0.25, -0.2) is 4.79 Å². The zero-order chi connectivity index (χ0) is 14.4. The van der Waals surface area contributed by atoms with Gasteiger partial charge >= 0.3 is 6.09 Å². The van der Waals surface area contributed by atoms with Gasteiger partial charge < -0.3 is 4.74 Å². The molecule has 1 heterocycles. The van der Waals surface area contributed by atoms with Crippen LogP contribution >= 0.6 is 0 Å². The van der Waals surface area contributed by atoms with Crippen LogP contribution in [0.4, 0.5) is 10.5 Å². The van der Waals surface area contributed by atoms with E-state index in [0.717, 1.165) is 22.9 Å². The number of alkyl carbamates (subject to hydrolysis) is 1. The lowest BCUT2D eigenvalue weighted by Gasteiger charge is -2.06. The second-order valence-electron chi connectivity index (χ2n) is 3.38. The van der Waals surface area contributed by atoms with Crippen LogP contribution in [0.5, 0.6) is 0 Å². The molecule has 1 rings (SSSR count). The summed E-state index contributed by atoms with van der Waals surface area (Å²) < 4.78 is 5.30. The van der Waals surface area contributed by atoms with E-state index in [-0.39, 0.29) is 12.3 Å². The van der Waals surface area contributed by atoms with Crippen molar-refractivity contribution < 1.29 is 19.2 Å². The van der Waals surface area contributed by atoms with E-state index in [1.807, 2.05) is 5.32 Å². The fraction of sp³-hybridized carbons (Fsp3) is 0.300. The van der Waals surface area contributed by atoms with Gasteiger partial charge in [0.15, 0.2) is 0 Å². The number of hydrogen-bond donors (Lipinski definition) is 1. The van der Waals surface area contributed by atoms with Crippen molar-refractivity contribution in [1.82, 2.24) is 9.88 Å². The number of nitrogens with zero attached hydrogens (tertiary/aromatic N) is 2. The Hall–Kier alpha value is -2.71. The van der Waals surface area contributed by atoms with Gasteiger partial charge in [-0.15, -0.1) is 0 Å². The second-order valence-corrected chi connectivity index (χ2v) is 3.38. The highest BCUT2D eigenvalue weighted by Gasteiger charge is 2.12. The van der Waals surface area contributed by atoms with Gasteiger partial charge in [-0.2, -0.15) is 0 Å². The highest BCUT2D eigenvalue weighted by atomic mass is 16.6. The lowest BCUT2D eigenvalue weighted by atomic mass is 10.4. The third kappa shape index (κ3) is 4.22. The van der Waals surface area contributed by atoms with Gasteiger partial charge in [0.2, 0.25) is 5.91 Å². The van der Waals surface area contributed by atoms with E-state index in [2.05, 4.69) is 4.74 Å². The van der Waals surface area contributed by atoms with E-state index >= 15 is 0 Å². The largest absolute Gasteiger partial charge is 0.450 e. The van der Waals surface area contributed by atoms with E-state index in [4.69, 9.17) is 0 Å². The van der Waals surface area contributed by atoms with Crippen LogP contribution in [-0.2, 0) is 16.1 Å². The predicted molar refractivity (Wildman–Crippen MR) is 62.5 cm³/mol. The lowest BCUT2D eigenvalue weighted by molar-refractivity contribution is -0.385. The SMILES string of the molecule is CCOC(=O)NC(=O)Cn1cc([N+](=O)[O-])ccc1=O. The van der Waals surface area contributed by atoms with E-state index in [1.54, 1.807) is 6.92 Å². The third-order valence-corrected chi connectivity index (χ3v) is 2.01. The average Bonchev–Trinajstić information content (AvgIpc) is 2.31. The molecule has 0 radical (unpaired) electrons. The van der Waals surface area contributed by atoms with Gasteiger partial charge in [-0.3, -0.25) is 29.6 Å². The molecule has 9 nitrogen and oxygen atoms in total. The van der Waals surface area contributed by atoms with Crippen LogP contribution in [0.25, 0.3) is 0 Å². The molecule has 0 fully saturated rings. The molecule has 2 amide bonds. The number of hydrogen-bond acceptors (Lipinski definition) is 6. The van der Waals surface area contributed by atoms with Crippen LogP contribution in [0.3, 0.4) is 0 Å². The first-order chi connectivity index (χ1) is 8.93. The van der Waals surface area contributed by atoms with Crippen molar-refractivity contribution in [3.63, 3.8) is 0 Å². The normalized spacial score (nSPS) is 9.74. The summed E-state index contributed by atoms with van der Waals surface area (Å²) in [6, 6.07) is 2.00. The Balaban J connectivity index is 2.79. The summed E-state index contributed by atoms with van der Waals surface area (Å²) in [5.41, 5.74) is -0.923. The zero-order valence-corrected chi connectivity index (χ0v) is 9.99. The number of nitro groups is 1. The molecule has 0 atom stereocenters. The number of amides is 2. The molecule has 0 saturated heterocycles. The Morgan fingerprint density at radius 2 is 2.16 bits per heavy atom. The number of imide groups is 1. The Kier molecular flexibility index (Phi) is 4.75. The summed E-state index contributed by atoms with van der Waals surface area (Å²) in [4.78, 5) is 43.6. The lowest BCUT2D eigenvalue weighted by Crippen LogP contribution is -2.36. The molecule has 1 aromatic rings. The third-order valence-electron chi connectivity index (χ3n) is 2.01. The zero-order valence-electron chi connectivity index (χ0n) is 9.99. The maximum Gasteiger partial charge on any atom is 0.413 e. The number of rotatable bonds is 4. The first kappa shape index (κ1) is 14.4. The van der Waals surface area contributed by atoms with Gasteiger partial charge in [0.1, 0.15) is 6.54 Å². The molecule has 0 saturated carbocycles. The summed E-state index contributed by atoms with van der Waals surface area (Å²) in [6.07, 6.45) is -0.0152. The van der Waals surface area contributed by atoms with Crippen LogP contribution in [0.2, 0.25) is 0 Å². The van der Waals surface area contributed by atoms with Gasteiger partial charge in [0, 0.05) is 12.1 Å². The van der Waals surface area contributed by atoms with Crippen molar-refractivity contribution >= 4 is 17.7 Å². The quantitative estimate of drug-likeness (QED) is 0.608. The number of nitrogens with one attached hydrogen (secondary N) is 1. The van der Waals surface area contributed by atoms with E-state index in [9.17, 15) is 24.5 Å². The van der Waals surface area contributed by atoms with Crippen molar-refractivity contribution in [2.45, 2.75) is 13.5 Å². The molecule has 0 aliphatic rings.